The molecular weight excluding hydrogens is 631 g/mol. The fourth-order valence-electron chi connectivity index (χ4n) is 4.99. The largest absolute Gasteiger partial charge is 0.493 e. The van der Waals surface area contributed by atoms with E-state index < -0.39 is 30.3 Å². The van der Waals surface area contributed by atoms with Gasteiger partial charge in [-0.05, 0) is 64.8 Å². The first-order chi connectivity index (χ1) is 19.4. The van der Waals surface area contributed by atoms with E-state index in [0.717, 1.165) is 12.0 Å². The normalized spacial score (nSPS) is 22.4. The Hall–Kier alpha value is -2.71. The average molecular weight is 667 g/mol. The van der Waals surface area contributed by atoms with Gasteiger partial charge in [-0.1, -0.05) is 30.3 Å². The Morgan fingerprint density at radius 3 is 2.60 bits per heavy atom. The van der Waals surface area contributed by atoms with E-state index in [1.54, 1.807) is 23.1 Å². The van der Waals surface area contributed by atoms with E-state index in [-0.39, 0.29) is 38.6 Å². The van der Waals surface area contributed by atoms with Crippen LogP contribution >= 0.6 is 22.6 Å². The summed E-state index contributed by atoms with van der Waals surface area (Å²) in [4.78, 5) is 28.5. The lowest BCUT2D eigenvalue weighted by Crippen LogP contribution is -2.56. The molecule has 0 radical (unpaired) electrons. The number of nitrogens with zero attached hydrogens (tertiary/aromatic N) is 1. The molecule has 11 heteroatoms. The molecule has 2 aromatic rings. The highest BCUT2D eigenvalue weighted by atomic mass is 127. The number of aliphatic hydroxyl groups excluding tert-OH is 3. The molecule has 1 heterocycles. The lowest BCUT2D eigenvalue weighted by molar-refractivity contribution is -0.149. The van der Waals surface area contributed by atoms with Gasteiger partial charge in [-0.2, -0.15) is 0 Å². The Bertz CT molecular complexity index is 1200. The fourth-order valence-corrected chi connectivity index (χ4v) is 5.78. The third-order valence-electron chi connectivity index (χ3n) is 7.02. The number of hydrogen-bond donors (Lipinski definition) is 4. The molecule has 2 amide bonds. The molecule has 216 valence electrons. The van der Waals surface area contributed by atoms with Crippen molar-refractivity contribution in [3.05, 3.63) is 68.8 Å². The second-order valence-electron chi connectivity index (χ2n) is 9.74. The first kappa shape index (κ1) is 30.3. The standard InChI is InChI=1S/C29H35IN2O8/c1-38-25-13-19(17-34)12-21(30)27(25)40-24-15-20(28(36)31-9-10-33)14-22(26(24)35)32(16-18-6-3-2-4-7-18)29(37)23-8-5-11-39-23/h2-4,6-7,12-13,15,22-24,26,33-35H,5,8-11,14,16-17H2,1H3,(H,31,36)/t22-,23?,24+,26+/m1/s1. The van der Waals surface area contributed by atoms with Gasteiger partial charge in [0.1, 0.15) is 18.3 Å². The van der Waals surface area contributed by atoms with Gasteiger partial charge in [0.2, 0.25) is 5.91 Å². The Kier molecular flexibility index (Phi) is 10.8. The maximum atomic E-state index is 13.8. The molecule has 0 bridgehead atoms. The number of aliphatic hydroxyl groups is 3. The fraction of sp³-hybridized carbons (Fsp3) is 0.448. The number of halogens is 1. The Morgan fingerprint density at radius 1 is 1.18 bits per heavy atom. The zero-order valence-electron chi connectivity index (χ0n) is 22.3. The van der Waals surface area contributed by atoms with Gasteiger partial charge >= 0.3 is 0 Å². The van der Waals surface area contributed by atoms with Crippen molar-refractivity contribution in [2.75, 3.05) is 26.9 Å². The van der Waals surface area contributed by atoms with Crippen LogP contribution in [0.1, 0.15) is 30.4 Å². The van der Waals surface area contributed by atoms with E-state index in [4.69, 9.17) is 14.2 Å². The van der Waals surface area contributed by atoms with Gasteiger partial charge in [0.05, 0.1) is 29.9 Å². The molecule has 40 heavy (non-hydrogen) atoms. The molecule has 0 aromatic heterocycles. The molecule has 1 fully saturated rings. The second-order valence-corrected chi connectivity index (χ2v) is 10.9. The molecule has 4 rings (SSSR count). The van der Waals surface area contributed by atoms with E-state index >= 15 is 0 Å². The minimum absolute atomic E-state index is 0.0613. The average Bonchev–Trinajstić information content (AvgIpc) is 3.52. The predicted octanol–water partition coefficient (Wildman–Crippen LogP) is 1.92. The van der Waals surface area contributed by atoms with E-state index in [0.29, 0.717) is 39.2 Å². The van der Waals surface area contributed by atoms with Gasteiger partial charge in [-0.3, -0.25) is 9.59 Å². The molecule has 1 saturated heterocycles. The van der Waals surface area contributed by atoms with Gasteiger partial charge in [0.25, 0.3) is 5.91 Å². The lowest BCUT2D eigenvalue weighted by Gasteiger charge is -2.41. The van der Waals surface area contributed by atoms with Gasteiger partial charge in [0, 0.05) is 31.7 Å². The van der Waals surface area contributed by atoms with Crippen LogP contribution in [0.25, 0.3) is 0 Å². The molecular formula is C29H35IN2O8. The van der Waals surface area contributed by atoms with E-state index in [9.17, 15) is 24.9 Å². The van der Waals surface area contributed by atoms with Gasteiger partial charge < -0.3 is 39.7 Å². The Labute approximate surface area is 247 Å². The van der Waals surface area contributed by atoms with Crippen LogP contribution in [-0.2, 0) is 27.5 Å². The van der Waals surface area contributed by atoms with Crippen molar-refractivity contribution in [3.63, 3.8) is 0 Å². The third kappa shape index (κ3) is 7.13. The Balaban J connectivity index is 1.72. The lowest BCUT2D eigenvalue weighted by atomic mass is 9.87. The highest BCUT2D eigenvalue weighted by molar-refractivity contribution is 14.1. The van der Waals surface area contributed by atoms with Crippen molar-refractivity contribution < 1.29 is 39.1 Å². The summed E-state index contributed by atoms with van der Waals surface area (Å²) in [5.74, 6) is 0.0413. The molecule has 0 saturated carbocycles. The second kappa shape index (κ2) is 14.3. The SMILES string of the molecule is COc1cc(CO)cc(I)c1O[C@H]1C=C(C(=O)NCCO)C[C@@H](N(Cc2ccccc2)C(=O)C2CCCO2)[C@@H]1O. The van der Waals surface area contributed by atoms with Crippen LogP contribution < -0.4 is 14.8 Å². The third-order valence-corrected chi connectivity index (χ3v) is 7.83. The zero-order valence-corrected chi connectivity index (χ0v) is 24.5. The number of ether oxygens (including phenoxy) is 3. The van der Waals surface area contributed by atoms with E-state index in [2.05, 4.69) is 27.9 Å². The van der Waals surface area contributed by atoms with Crippen LogP contribution in [0.15, 0.2) is 54.1 Å². The van der Waals surface area contributed by atoms with Gasteiger partial charge in [0.15, 0.2) is 11.5 Å². The molecule has 2 aromatic carbocycles. The van der Waals surface area contributed by atoms with Crippen molar-refractivity contribution in [1.29, 1.82) is 0 Å². The van der Waals surface area contributed by atoms with E-state index in [1.807, 2.05) is 30.3 Å². The van der Waals surface area contributed by atoms with Crippen LogP contribution in [0.4, 0.5) is 0 Å². The summed E-state index contributed by atoms with van der Waals surface area (Å²) >= 11 is 2.06. The van der Waals surface area contributed by atoms with Crippen LogP contribution in [0.2, 0.25) is 0 Å². The number of amides is 2. The predicted molar refractivity (Wildman–Crippen MR) is 155 cm³/mol. The first-order valence-corrected chi connectivity index (χ1v) is 14.3. The topological polar surface area (TPSA) is 138 Å². The zero-order chi connectivity index (χ0) is 28.6. The Morgan fingerprint density at radius 2 is 1.95 bits per heavy atom. The van der Waals surface area contributed by atoms with Gasteiger partial charge in [-0.15, -0.1) is 0 Å². The van der Waals surface area contributed by atoms with Crippen LogP contribution in [0, 0.1) is 3.57 Å². The molecule has 4 atom stereocenters. The molecule has 0 spiro atoms. The number of carbonyl (C=O) groups is 2. The number of benzene rings is 2. The highest BCUT2D eigenvalue weighted by Crippen LogP contribution is 2.37. The maximum absolute atomic E-state index is 13.8. The van der Waals surface area contributed by atoms with Crippen LogP contribution in [0.5, 0.6) is 11.5 Å². The molecule has 1 aliphatic heterocycles. The van der Waals surface area contributed by atoms with E-state index in [1.165, 1.54) is 7.11 Å². The molecule has 2 aliphatic rings. The number of hydrogen-bond acceptors (Lipinski definition) is 8. The first-order valence-electron chi connectivity index (χ1n) is 13.2. The summed E-state index contributed by atoms with van der Waals surface area (Å²) in [6.45, 7) is 0.355. The van der Waals surface area contributed by atoms with Crippen molar-refractivity contribution in [1.82, 2.24) is 10.2 Å². The number of rotatable bonds is 11. The number of methoxy groups -OCH3 is 1. The molecule has 4 N–H and O–H groups in total. The van der Waals surface area contributed by atoms with Crippen LogP contribution in [0.3, 0.4) is 0 Å². The maximum Gasteiger partial charge on any atom is 0.252 e. The summed E-state index contributed by atoms with van der Waals surface area (Å²) in [6, 6.07) is 12.0. The van der Waals surface area contributed by atoms with Crippen molar-refractivity contribution in [2.45, 2.75) is 56.8 Å². The van der Waals surface area contributed by atoms with Crippen molar-refractivity contribution in [3.8, 4) is 11.5 Å². The molecule has 1 unspecified atom stereocenters. The number of carbonyl (C=O) groups excluding carboxylic acids is 2. The quantitative estimate of drug-likeness (QED) is 0.267. The summed E-state index contributed by atoms with van der Waals surface area (Å²) in [5, 5.41) is 33.2. The van der Waals surface area contributed by atoms with Crippen molar-refractivity contribution >= 4 is 34.4 Å². The van der Waals surface area contributed by atoms with Gasteiger partial charge in [-0.25, -0.2) is 0 Å². The highest BCUT2D eigenvalue weighted by Gasteiger charge is 2.43. The summed E-state index contributed by atoms with van der Waals surface area (Å²) in [5.41, 5.74) is 1.83. The minimum atomic E-state index is -1.19. The van der Waals surface area contributed by atoms with Crippen molar-refractivity contribution in [2.24, 2.45) is 0 Å². The monoisotopic (exact) mass is 666 g/mol. The minimum Gasteiger partial charge on any atom is -0.493 e. The molecule has 10 nitrogen and oxygen atoms in total. The molecule has 1 aliphatic carbocycles. The smallest absolute Gasteiger partial charge is 0.252 e. The summed E-state index contributed by atoms with van der Waals surface area (Å²) in [7, 11) is 1.48. The summed E-state index contributed by atoms with van der Waals surface area (Å²) < 4.78 is 18.2. The number of nitrogens with one attached hydrogen (secondary N) is 1. The van der Waals surface area contributed by atoms with Crippen LogP contribution in [-0.4, -0.2) is 83.3 Å². The summed E-state index contributed by atoms with van der Waals surface area (Å²) in [6.07, 6.45) is 0.166.